The predicted octanol–water partition coefficient (Wildman–Crippen LogP) is 3.22. The highest BCUT2D eigenvalue weighted by atomic mass is 35.5. The van der Waals surface area contributed by atoms with Crippen LogP contribution >= 0.6 is 11.6 Å². The van der Waals surface area contributed by atoms with Crippen LogP contribution in [0.1, 0.15) is 24.2 Å². The van der Waals surface area contributed by atoms with Gasteiger partial charge >= 0.3 is 0 Å². The van der Waals surface area contributed by atoms with Gasteiger partial charge in [0.1, 0.15) is 10.6 Å². The van der Waals surface area contributed by atoms with Crippen molar-refractivity contribution in [2.45, 2.75) is 18.7 Å². The summed E-state index contributed by atoms with van der Waals surface area (Å²) in [4.78, 5) is 16.6. The fourth-order valence-electron chi connectivity index (χ4n) is 2.04. The summed E-state index contributed by atoms with van der Waals surface area (Å²) in [6.07, 6.45) is 0. The molecule has 0 saturated carbocycles. The normalized spacial score (nSPS) is 11.0. The van der Waals surface area contributed by atoms with Crippen LogP contribution in [-0.2, 0) is 14.9 Å². The number of hydroxylamine groups is 1. The van der Waals surface area contributed by atoms with Crippen molar-refractivity contribution < 1.29 is 22.8 Å². The number of nitrogens with one attached hydrogen (secondary N) is 2. The van der Waals surface area contributed by atoms with Crippen molar-refractivity contribution in [3.05, 3.63) is 53.1 Å². The summed E-state index contributed by atoms with van der Waals surface area (Å²) in [6, 6.07) is 10.4. The summed E-state index contributed by atoms with van der Waals surface area (Å²) < 4.78 is 33.0. The third-order valence-corrected chi connectivity index (χ3v) is 5.07. The lowest BCUT2D eigenvalue weighted by Crippen LogP contribution is -2.24. The smallest absolute Gasteiger partial charge is 0.274 e. The zero-order chi connectivity index (χ0) is 19.2. The molecule has 0 heterocycles. The molecule has 0 radical (unpaired) electrons. The molecule has 2 aromatic carbocycles. The second-order valence-corrected chi connectivity index (χ2v) is 7.13. The van der Waals surface area contributed by atoms with E-state index in [0.717, 1.165) is 0 Å². The molecule has 0 spiro atoms. The summed E-state index contributed by atoms with van der Waals surface area (Å²) in [5, 5.41) is -0.00334. The molecular weight excluding hydrogens is 380 g/mol. The summed E-state index contributed by atoms with van der Waals surface area (Å²) >= 11 is 6.02. The molecule has 0 fully saturated rings. The Morgan fingerprint density at radius 3 is 2.38 bits per heavy atom. The van der Waals surface area contributed by atoms with Gasteiger partial charge in [0, 0.05) is 11.3 Å². The topological polar surface area (TPSA) is 93.7 Å². The van der Waals surface area contributed by atoms with Crippen LogP contribution in [0.3, 0.4) is 0 Å². The Morgan fingerprint density at radius 2 is 1.77 bits per heavy atom. The van der Waals surface area contributed by atoms with Gasteiger partial charge in [-0.3, -0.25) is 14.4 Å². The Kier molecular flexibility index (Phi) is 6.84. The molecule has 0 aromatic heterocycles. The van der Waals surface area contributed by atoms with Crippen LogP contribution in [0, 0.1) is 0 Å². The monoisotopic (exact) mass is 398 g/mol. The van der Waals surface area contributed by atoms with E-state index in [-0.39, 0.29) is 22.1 Å². The average molecular weight is 399 g/mol. The standard InChI is InChI=1S/C17H19ClN2O5S/c1-3-24-14-8-6-13(7-9-14)20-26(22,23)16-11-12(5-10-15(16)18)17(21)19-25-4-2/h5-11,20H,3-4H2,1-2H3,(H,19,21). The minimum absolute atomic E-state index is 0.00334. The molecule has 0 unspecified atom stereocenters. The molecule has 0 saturated heterocycles. The number of hydrogen-bond donors (Lipinski definition) is 2. The van der Waals surface area contributed by atoms with Gasteiger partial charge < -0.3 is 4.74 Å². The van der Waals surface area contributed by atoms with Gasteiger partial charge in [0.2, 0.25) is 0 Å². The number of ether oxygens (including phenoxy) is 1. The molecule has 140 valence electrons. The molecule has 0 bridgehead atoms. The van der Waals surface area contributed by atoms with Crippen LogP contribution in [0.15, 0.2) is 47.4 Å². The Bertz CT molecular complexity index is 869. The Hall–Kier alpha value is -2.29. The number of sulfonamides is 1. The lowest BCUT2D eigenvalue weighted by molar-refractivity contribution is 0.0364. The maximum absolute atomic E-state index is 12.6. The van der Waals surface area contributed by atoms with Crippen molar-refractivity contribution in [1.82, 2.24) is 5.48 Å². The van der Waals surface area contributed by atoms with E-state index in [4.69, 9.17) is 21.2 Å². The van der Waals surface area contributed by atoms with Crippen molar-refractivity contribution in [1.29, 1.82) is 0 Å². The Labute approximate surface area is 157 Å². The van der Waals surface area contributed by atoms with E-state index in [0.29, 0.717) is 18.0 Å². The lowest BCUT2D eigenvalue weighted by Gasteiger charge is -2.12. The van der Waals surface area contributed by atoms with Crippen LogP contribution < -0.4 is 14.9 Å². The minimum atomic E-state index is -3.99. The summed E-state index contributed by atoms with van der Waals surface area (Å²) in [5.74, 6) is 0.0594. The van der Waals surface area contributed by atoms with Crippen LogP contribution in [0.5, 0.6) is 5.75 Å². The summed E-state index contributed by atoms with van der Waals surface area (Å²) in [6.45, 7) is 4.35. The Morgan fingerprint density at radius 1 is 1.08 bits per heavy atom. The van der Waals surface area contributed by atoms with Crippen LogP contribution in [-0.4, -0.2) is 27.5 Å². The van der Waals surface area contributed by atoms with Gasteiger partial charge in [-0.2, -0.15) is 0 Å². The first-order valence-electron chi connectivity index (χ1n) is 7.84. The third kappa shape index (κ3) is 5.10. The lowest BCUT2D eigenvalue weighted by atomic mass is 10.2. The van der Waals surface area contributed by atoms with Crippen LogP contribution in [0.2, 0.25) is 5.02 Å². The van der Waals surface area contributed by atoms with E-state index < -0.39 is 15.9 Å². The van der Waals surface area contributed by atoms with Crippen molar-refractivity contribution >= 4 is 33.2 Å². The highest BCUT2D eigenvalue weighted by Crippen LogP contribution is 2.26. The van der Waals surface area contributed by atoms with Crippen molar-refractivity contribution in [2.24, 2.45) is 0 Å². The second-order valence-electron chi connectivity index (χ2n) is 5.07. The van der Waals surface area contributed by atoms with Crippen LogP contribution in [0.25, 0.3) is 0 Å². The third-order valence-electron chi connectivity index (χ3n) is 3.21. The highest BCUT2D eigenvalue weighted by molar-refractivity contribution is 7.92. The number of carbonyl (C=O) groups excluding carboxylic acids is 1. The number of hydrogen-bond acceptors (Lipinski definition) is 5. The second kappa shape index (κ2) is 8.88. The molecule has 26 heavy (non-hydrogen) atoms. The molecule has 0 aliphatic carbocycles. The molecule has 1 amide bonds. The fourth-order valence-corrected chi connectivity index (χ4v) is 3.63. The highest BCUT2D eigenvalue weighted by Gasteiger charge is 2.20. The molecule has 0 aliphatic rings. The van der Waals surface area contributed by atoms with Crippen molar-refractivity contribution in [2.75, 3.05) is 17.9 Å². The van der Waals surface area contributed by atoms with E-state index in [2.05, 4.69) is 10.2 Å². The molecular formula is C17H19ClN2O5S. The van der Waals surface area contributed by atoms with E-state index in [9.17, 15) is 13.2 Å². The molecule has 7 nitrogen and oxygen atoms in total. The molecule has 2 aromatic rings. The van der Waals surface area contributed by atoms with E-state index in [1.807, 2.05) is 6.92 Å². The molecule has 0 aliphatic heterocycles. The number of amides is 1. The summed E-state index contributed by atoms with van der Waals surface area (Å²) in [7, 11) is -3.99. The Balaban J connectivity index is 2.25. The molecule has 0 atom stereocenters. The first-order valence-corrected chi connectivity index (χ1v) is 9.71. The molecule has 2 rings (SSSR count). The number of halogens is 1. The van der Waals surface area contributed by atoms with Gasteiger partial charge in [-0.1, -0.05) is 11.6 Å². The first-order chi connectivity index (χ1) is 12.4. The van der Waals surface area contributed by atoms with Gasteiger partial charge in [-0.25, -0.2) is 13.9 Å². The zero-order valence-corrected chi connectivity index (χ0v) is 15.9. The number of rotatable bonds is 8. The SMILES string of the molecule is CCONC(=O)c1ccc(Cl)c(S(=O)(=O)Nc2ccc(OCC)cc2)c1. The average Bonchev–Trinajstić information content (AvgIpc) is 2.61. The fraction of sp³-hybridized carbons (Fsp3) is 0.235. The van der Waals surface area contributed by atoms with Gasteiger partial charge in [0.15, 0.2) is 0 Å². The van der Waals surface area contributed by atoms with Gasteiger partial charge in [-0.05, 0) is 56.3 Å². The van der Waals surface area contributed by atoms with Crippen molar-refractivity contribution in [3.8, 4) is 5.75 Å². The largest absolute Gasteiger partial charge is 0.494 e. The van der Waals surface area contributed by atoms with Gasteiger partial charge in [0.05, 0.1) is 18.2 Å². The quantitative estimate of drug-likeness (QED) is 0.666. The van der Waals surface area contributed by atoms with Gasteiger partial charge in [0.25, 0.3) is 15.9 Å². The van der Waals surface area contributed by atoms with E-state index in [1.165, 1.54) is 18.2 Å². The maximum atomic E-state index is 12.6. The summed E-state index contributed by atoms with van der Waals surface area (Å²) in [5.41, 5.74) is 2.65. The maximum Gasteiger partial charge on any atom is 0.274 e. The predicted molar refractivity (Wildman–Crippen MR) is 99.0 cm³/mol. The van der Waals surface area contributed by atoms with Crippen molar-refractivity contribution in [3.63, 3.8) is 0 Å². The van der Waals surface area contributed by atoms with E-state index in [1.54, 1.807) is 31.2 Å². The molecule has 9 heteroatoms. The molecule has 2 N–H and O–H groups in total. The van der Waals surface area contributed by atoms with E-state index >= 15 is 0 Å². The zero-order valence-electron chi connectivity index (χ0n) is 14.3. The first kappa shape index (κ1) is 20.0. The van der Waals surface area contributed by atoms with Gasteiger partial charge in [-0.15, -0.1) is 0 Å². The minimum Gasteiger partial charge on any atom is -0.494 e. The number of benzene rings is 2. The number of anilines is 1. The number of carbonyl (C=O) groups is 1. The van der Waals surface area contributed by atoms with Crippen LogP contribution in [0.4, 0.5) is 5.69 Å².